The van der Waals surface area contributed by atoms with Crippen molar-refractivity contribution >= 4 is 23.6 Å². The summed E-state index contributed by atoms with van der Waals surface area (Å²) in [5.41, 5.74) is 1.16. The summed E-state index contributed by atoms with van der Waals surface area (Å²) in [6.45, 7) is 0.821. The molecule has 1 saturated carbocycles. The van der Waals surface area contributed by atoms with Crippen molar-refractivity contribution in [1.29, 1.82) is 0 Å². The molecule has 8 heteroatoms. The standard InChI is InChI=1S/C17H20N4O3S/c22-14(18-9-8-15(23)24)11-25-17-20-19-16(13-6-7-13)21(17)10-12-4-2-1-3-5-12/h1-5,13H,6-11H2,(H,18,22)(H,23,24). The lowest BCUT2D eigenvalue weighted by Crippen LogP contribution is -2.27. The first-order valence-corrected chi connectivity index (χ1v) is 9.20. The number of aromatic nitrogens is 3. The van der Waals surface area contributed by atoms with Crippen LogP contribution in [0.15, 0.2) is 35.5 Å². The van der Waals surface area contributed by atoms with Crippen molar-refractivity contribution in [2.45, 2.75) is 36.9 Å². The van der Waals surface area contributed by atoms with Crippen LogP contribution in [0.25, 0.3) is 0 Å². The number of hydrogen-bond acceptors (Lipinski definition) is 5. The van der Waals surface area contributed by atoms with E-state index < -0.39 is 5.97 Å². The van der Waals surface area contributed by atoms with Gasteiger partial charge >= 0.3 is 5.97 Å². The number of carboxylic acids is 1. The lowest BCUT2D eigenvalue weighted by molar-refractivity contribution is -0.136. The Morgan fingerprint density at radius 3 is 2.68 bits per heavy atom. The minimum absolute atomic E-state index is 0.0770. The van der Waals surface area contributed by atoms with Crippen LogP contribution in [0.3, 0.4) is 0 Å². The average Bonchev–Trinajstić information content (AvgIpc) is 3.36. The van der Waals surface area contributed by atoms with E-state index in [0.29, 0.717) is 12.5 Å². The van der Waals surface area contributed by atoms with E-state index in [9.17, 15) is 9.59 Å². The van der Waals surface area contributed by atoms with Crippen LogP contribution in [0, 0.1) is 0 Å². The van der Waals surface area contributed by atoms with Gasteiger partial charge in [-0.25, -0.2) is 0 Å². The Morgan fingerprint density at radius 2 is 2.00 bits per heavy atom. The molecule has 1 aromatic carbocycles. The van der Waals surface area contributed by atoms with Crippen LogP contribution >= 0.6 is 11.8 Å². The van der Waals surface area contributed by atoms with Crippen molar-refractivity contribution in [3.8, 4) is 0 Å². The molecule has 1 fully saturated rings. The molecule has 0 radical (unpaired) electrons. The molecule has 132 valence electrons. The highest BCUT2D eigenvalue weighted by atomic mass is 32.2. The first-order valence-electron chi connectivity index (χ1n) is 8.22. The largest absolute Gasteiger partial charge is 0.481 e. The summed E-state index contributed by atoms with van der Waals surface area (Å²) in [5.74, 6) is 0.516. The highest BCUT2D eigenvalue weighted by Gasteiger charge is 2.30. The SMILES string of the molecule is O=C(O)CCNC(=O)CSc1nnc(C2CC2)n1Cc1ccccc1. The van der Waals surface area contributed by atoms with E-state index in [1.54, 1.807) is 0 Å². The number of amides is 1. The molecule has 3 rings (SSSR count). The maximum absolute atomic E-state index is 11.8. The molecule has 2 N–H and O–H groups in total. The Balaban J connectivity index is 1.63. The summed E-state index contributed by atoms with van der Waals surface area (Å²) < 4.78 is 2.09. The fourth-order valence-electron chi connectivity index (χ4n) is 2.45. The lowest BCUT2D eigenvalue weighted by atomic mass is 10.2. The first-order chi connectivity index (χ1) is 12.1. The van der Waals surface area contributed by atoms with Gasteiger partial charge in [-0.15, -0.1) is 10.2 Å². The molecule has 1 amide bonds. The maximum Gasteiger partial charge on any atom is 0.305 e. The van der Waals surface area contributed by atoms with E-state index in [1.807, 2.05) is 18.2 Å². The molecular weight excluding hydrogens is 340 g/mol. The summed E-state index contributed by atoms with van der Waals surface area (Å²) in [5, 5.41) is 20.5. The predicted octanol–water partition coefficient (Wildman–Crippen LogP) is 1.89. The third kappa shape index (κ3) is 5.06. The van der Waals surface area contributed by atoms with E-state index in [2.05, 4.69) is 32.2 Å². The predicted molar refractivity (Wildman–Crippen MR) is 93.5 cm³/mol. The second kappa shape index (κ2) is 8.15. The zero-order chi connectivity index (χ0) is 17.6. The topological polar surface area (TPSA) is 97.1 Å². The fourth-order valence-corrected chi connectivity index (χ4v) is 3.23. The summed E-state index contributed by atoms with van der Waals surface area (Å²) in [4.78, 5) is 22.3. The Bertz CT molecular complexity index is 744. The van der Waals surface area contributed by atoms with Gasteiger partial charge in [0.25, 0.3) is 0 Å². The molecule has 0 saturated heterocycles. The molecule has 0 spiro atoms. The summed E-state index contributed by atoms with van der Waals surface area (Å²) >= 11 is 1.33. The third-order valence-electron chi connectivity index (χ3n) is 3.86. The average molecular weight is 360 g/mol. The van der Waals surface area contributed by atoms with Crippen molar-refractivity contribution in [1.82, 2.24) is 20.1 Å². The number of carbonyl (C=O) groups excluding carboxylic acids is 1. The van der Waals surface area contributed by atoms with Gasteiger partial charge in [-0.1, -0.05) is 42.1 Å². The van der Waals surface area contributed by atoms with Crippen LogP contribution in [0.1, 0.15) is 36.6 Å². The summed E-state index contributed by atoms with van der Waals surface area (Å²) in [7, 11) is 0. The van der Waals surface area contributed by atoms with Gasteiger partial charge in [-0.2, -0.15) is 0 Å². The van der Waals surface area contributed by atoms with E-state index in [1.165, 1.54) is 11.8 Å². The van der Waals surface area contributed by atoms with E-state index in [4.69, 9.17) is 5.11 Å². The molecule has 2 aromatic rings. The monoisotopic (exact) mass is 360 g/mol. The van der Waals surface area contributed by atoms with Gasteiger partial charge in [-0.05, 0) is 18.4 Å². The van der Waals surface area contributed by atoms with Crippen LogP contribution in [-0.2, 0) is 16.1 Å². The molecular formula is C17H20N4O3S. The smallest absolute Gasteiger partial charge is 0.305 e. The van der Waals surface area contributed by atoms with Crippen LogP contribution in [0.2, 0.25) is 0 Å². The highest BCUT2D eigenvalue weighted by molar-refractivity contribution is 7.99. The van der Waals surface area contributed by atoms with Crippen LogP contribution in [0.4, 0.5) is 0 Å². The maximum atomic E-state index is 11.8. The van der Waals surface area contributed by atoms with E-state index in [0.717, 1.165) is 29.4 Å². The first kappa shape index (κ1) is 17.5. The Hall–Kier alpha value is -2.35. The molecule has 0 atom stereocenters. The Labute approximate surface area is 149 Å². The number of benzene rings is 1. The fraction of sp³-hybridized carbons (Fsp3) is 0.412. The van der Waals surface area contributed by atoms with Gasteiger partial charge in [0.2, 0.25) is 5.91 Å². The van der Waals surface area contributed by atoms with Gasteiger partial charge in [0, 0.05) is 12.5 Å². The number of carboxylic acid groups (broad SMARTS) is 1. The molecule has 0 bridgehead atoms. The second-order valence-electron chi connectivity index (χ2n) is 5.97. The Kier molecular flexibility index (Phi) is 5.70. The summed E-state index contributed by atoms with van der Waals surface area (Å²) in [6.07, 6.45) is 2.19. The highest BCUT2D eigenvalue weighted by Crippen LogP contribution is 2.40. The van der Waals surface area contributed by atoms with Crippen LogP contribution in [-0.4, -0.2) is 44.0 Å². The van der Waals surface area contributed by atoms with Gasteiger partial charge in [-0.3, -0.25) is 9.59 Å². The zero-order valence-corrected chi connectivity index (χ0v) is 14.5. The number of hydrogen-bond donors (Lipinski definition) is 2. The molecule has 1 aromatic heterocycles. The molecule has 0 aliphatic heterocycles. The summed E-state index contributed by atoms with van der Waals surface area (Å²) in [6, 6.07) is 10.1. The normalized spacial score (nSPS) is 13.6. The molecule has 25 heavy (non-hydrogen) atoms. The van der Waals surface area contributed by atoms with Gasteiger partial charge < -0.3 is 15.0 Å². The number of carbonyl (C=O) groups is 2. The van der Waals surface area contributed by atoms with Crippen molar-refractivity contribution in [2.24, 2.45) is 0 Å². The van der Waals surface area contributed by atoms with Gasteiger partial charge in [0.1, 0.15) is 5.82 Å². The second-order valence-corrected chi connectivity index (χ2v) is 6.91. The number of aliphatic carboxylic acids is 1. The van der Waals surface area contributed by atoms with Gasteiger partial charge in [0.15, 0.2) is 5.16 Å². The molecule has 1 heterocycles. The van der Waals surface area contributed by atoms with Crippen molar-refractivity contribution in [3.63, 3.8) is 0 Å². The number of thioether (sulfide) groups is 1. The van der Waals surface area contributed by atoms with Crippen LogP contribution in [0.5, 0.6) is 0 Å². The van der Waals surface area contributed by atoms with Gasteiger partial charge in [0.05, 0.1) is 18.7 Å². The molecule has 1 aliphatic rings. The van der Waals surface area contributed by atoms with Crippen molar-refractivity contribution in [2.75, 3.05) is 12.3 Å². The third-order valence-corrected chi connectivity index (χ3v) is 4.83. The number of rotatable bonds is 9. The molecule has 7 nitrogen and oxygen atoms in total. The lowest BCUT2D eigenvalue weighted by Gasteiger charge is -2.10. The number of nitrogens with zero attached hydrogens (tertiary/aromatic N) is 3. The molecule has 1 aliphatic carbocycles. The van der Waals surface area contributed by atoms with Crippen molar-refractivity contribution < 1.29 is 14.7 Å². The zero-order valence-electron chi connectivity index (χ0n) is 13.7. The van der Waals surface area contributed by atoms with E-state index >= 15 is 0 Å². The minimum Gasteiger partial charge on any atom is -0.481 e. The van der Waals surface area contributed by atoms with E-state index in [-0.39, 0.29) is 24.6 Å². The quantitative estimate of drug-likeness (QED) is 0.663. The Morgan fingerprint density at radius 1 is 1.24 bits per heavy atom. The molecule has 0 unspecified atom stereocenters. The minimum atomic E-state index is -0.926. The van der Waals surface area contributed by atoms with Crippen molar-refractivity contribution in [3.05, 3.63) is 41.7 Å². The van der Waals surface area contributed by atoms with Crippen LogP contribution < -0.4 is 5.32 Å². The number of nitrogens with one attached hydrogen (secondary N) is 1.